The number of hydrogen-bond acceptors (Lipinski definition) is 3. The highest BCUT2D eigenvalue weighted by atomic mass is 16.5. The van der Waals surface area contributed by atoms with Gasteiger partial charge >= 0.3 is 6.03 Å². The molecule has 1 aromatic heterocycles. The maximum Gasteiger partial charge on any atom is 0.321 e. The van der Waals surface area contributed by atoms with Crippen LogP contribution in [0.3, 0.4) is 0 Å². The number of amides is 2. The van der Waals surface area contributed by atoms with Gasteiger partial charge in [-0.25, -0.2) is 4.79 Å². The van der Waals surface area contributed by atoms with Crippen LogP contribution >= 0.6 is 0 Å². The second-order valence-corrected chi connectivity index (χ2v) is 4.93. The molecular formula is C15H19N3O2. The molecule has 0 spiro atoms. The number of hydrogen-bond donors (Lipinski definition) is 1. The molecule has 0 saturated carbocycles. The SMILES string of the molecule is CC(C)c1cc(CNC(=O)N(C)c2ccccc2)on1. The summed E-state index contributed by atoms with van der Waals surface area (Å²) in [6.07, 6.45) is 0. The van der Waals surface area contributed by atoms with Crippen LogP contribution in [-0.2, 0) is 6.54 Å². The molecule has 0 bridgehead atoms. The van der Waals surface area contributed by atoms with Crippen molar-refractivity contribution in [3.63, 3.8) is 0 Å². The van der Waals surface area contributed by atoms with Crippen LogP contribution in [0.25, 0.3) is 0 Å². The fourth-order valence-corrected chi connectivity index (χ4v) is 1.73. The summed E-state index contributed by atoms with van der Waals surface area (Å²) in [7, 11) is 1.73. The third kappa shape index (κ3) is 3.38. The van der Waals surface area contributed by atoms with Crippen LogP contribution in [0, 0.1) is 0 Å². The highest BCUT2D eigenvalue weighted by Crippen LogP contribution is 2.14. The molecule has 0 saturated heterocycles. The Hall–Kier alpha value is -2.30. The van der Waals surface area contributed by atoms with Crippen molar-refractivity contribution in [2.45, 2.75) is 26.3 Å². The number of para-hydroxylation sites is 1. The Morgan fingerprint density at radius 3 is 2.65 bits per heavy atom. The lowest BCUT2D eigenvalue weighted by Gasteiger charge is -2.17. The van der Waals surface area contributed by atoms with Gasteiger partial charge in [0.2, 0.25) is 0 Å². The Morgan fingerprint density at radius 2 is 2.05 bits per heavy atom. The average molecular weight is 273 g/mol. The third-order valence-corrected chi connectivity index (χ3v) is 3.03. The zero-order valence-electron chi connectivity index (χ0n) is 12.0. The van der Waals surface area contributed by atoms with Gasteiger partial charge in [0.05, 0.1) is 12.2 Å². The van der Waals surface area contributed by atoms with Gasteiger partial charge in [-0.05, 0) is 18.1 Å². The first-order chi connectivity index (χ1) is 9.58. The number of benzene rings is 1. The molecule has 0 aliphatic carbocycles. The molecule has 1 heterocycles. The zero-order valence-corrected chi connectivity index (χ0v) is 12.0. The molecule has 5 nitrogen and oxygen atoms in total. The lowest BCUT2D eigenvalue weighted by atomic mass is 10.1. The molecule has 5 heteroatoms. The van der Waals surface area contributed by atoms with Crippen molar-refractivity contribution in [1.29, 1.82) is 0 Å². The normalized spacial score (nSPS) is 10.6. The first-order valence-corrected chi connectivity index (χ1v) is 6.60. The fraction of sp³-hybridized carbons (Fsp3) is 0.333. The van der Waals surface area contributed by atoms with Crippen LogP contribution < -0.4 is 10.2 Å². The van der Waals surface area contributed by atoms with Gasteiger partial charge in [-0.1, -0.05) is 37.2 Å². The Kier molecular flexibility index (Phi) is 4.40. The molecular weight excluding hydrogens is 254 g/mol. The number of carbonyl (C=O) groups is 1. The number of nitrogens with zero attached hydrogens (tertiary/aromatic N) is 2. The van der Waals surface area contributed by atoms with Crippen LogP contribution in [0.4, 0.5) is 10.5 Å². The van der Waals surface area contributed by atoms with Gasteiger partial charge in [0.1, 0.15) is 0 Å². The van der Waals surface area contributed by atoms with E-state index in [1.165, 1.54) is 0 Å². The number of rotatable bonds is 4. The quantitative estimate of drug-likeness (QED) is 0.931. The second kappa shape index (κ2) is 6.23. The van der Waals surface area contributed by atoms with E-state index in [1.54, 1.807) is 11.9 Å². The molecule has 0 unspecified atom stereocenters. The number of anilines is 1. The molecule has 0 fully saturated rings. The monoisotopic (exact) mass is 273 g/mol. The number of aromatic nitrogens is 1. The minimum Gasteiger partial charge on any atom is -0.359 e. The highest BCUT2D eigenvalue weighted by Gasteiger charge is 2.12. The van der Waals surface area contributed by atoms with Crippen molar-refractivity contribution in [3.05, 3.63) is 47.9 Å². The largest absolute Gasteiger partial charge is 0.359 e. The predicted octanol–water partition coefficient (Wildman–Crippen LogP) is 3.14. The summed E-state index contributed by atoms with van der Waals surface area (Å²) in [5.41, 5.74) is 1.73. The highest BCUT2D eigenvalue weighted by molar-refractivity contribution is 5.91. The van der Waals surface area contributed by atoms with E-state index in [1.807, 2.05) is 50.2 Å². The lowest BCUT2D eigenvalue weighted by Crippen LogP contribution is -2.36. The summed E-state index contributed by atoms with van der Waals surface area (Å²) in [6, 6.07) is 11.1. The van der Waals surface area contributed by atoms with E-state index in [4.69, 9.17) is 4.52 Å². The Balaban J connectivity index is 1.91. The summed E-state index contributed by atoms with van der Waals surface area (Å²) >= 11 is 0. The van der Waals surface area contributed by atoms with Crippen LogP contribution in [0.15, 0.2) is 40.9 Å². The third-order valence-electron chi connectivity index (χ3n) is 3.03. The van der Waals surface area contributed by atoms with Gasteiger partial charge in [-0.15, -0.1) is 0 Å². The van der Waals surface area contributed by atoms with Crippen molar-refractivity contribution < 1.29 is 9.32 Å². The molecule has 0 radical (unpaired) electrons. The molecule has 2 amide bonds. The summed E-state index contributed by atoms with van der Waals surface area (Å²) in [6.45, 7) is 4.42. The molecule has 106 valence electrons. The summed E-state index contributed by atoms with van der Waals surface area (Å²) < 4.78 is 5.18. The molecule has 0 aliphatic heterocycles. The minimum absolute atomic E-state index is 0.182. The van der Waals surface area contributed by atoms with Gasteiger partial charge in [0, 0.05) is 18.8 Å². The van der Waals surface area contributed by atoms with Crippen molar-refractivity contribution in [2.24, 2.45) is 0 Å². The van der Waals surface area contributed by atoms with Gasteiger partial charge < -0.3 is 9.84 Å². The first-order valence-electron chi connectivity index (χ1n) is 6.60. The van der Waals surface area contributed by atoms with E-state index in [-0.39, 0.29) is 6.03 Å². The maximum absolute atomic E-state index is 12.0. The maximum atomic E-state index is 12.0. The summed E-state index contributed by atoms with van der Waals surface area (Å²) in [4.78, 5) is 13.6. The zero-order chi connectivity index (χ0) is 14.5. The molecule has 2 aromatic rings. The smallest absolute Gasteiger partial charge is 0.321 e. The topological polar surface area (TPSA) is 58.4 Å². The van der Waals surface area contributed by atoms with Crippen molar-refractivity contribution in [3.8, 4) is 0 Å². The second-order valence-electron chi connectivity index (χ2n) is 4.93. The molecule has 0 aliphatic rings. The number of nitrogens with one attached hydrogen (secondary N) is 1. The first kappa shape index (κ1) is 14.1. The van der Waals surface area contributed by atoms with E-state index in [9.17, 15) is 4.79 Å². The van der Waals surface area contributed by atoms with Crippen LogP contribution in [0.5, 0.6) is 0 Å². The number of urea groups is 1. The predicted molar refractivity (Wildman–Crippen MR) is 77.7 cm³/mol. The minimum atomic E-state index is -0.182. The molecule has 1 aromatic carbocycles. The van der Waals surface area contributed by atoms with E-state index in [0.717, 1.165) is 11.4 Å². The van der Waals surface area contributed by atoms with Gasteiger partial charge in [0.15, 0.2) is 5.76 Å². The molecule has 2 rings (SSSR count). The number of carbonyl (C=O) groups excluding carboxylic acids is 1. The van der Waals surface area contributed by atoms with E-state index in [0.29, 0.717) is 18.2 Å². The average Bonchev–Trinajstić information content (AvgIpc) is 2.94. The van der Waals surface area contributed by atoms with Crippen LogP contribution in [-0.4, -0.2) is 18.2 Å². The Bertz CT molecular complexity index is 564. The fourth-order valence-electron chi connectivity index (χ4n) is 1.73. The lowest BCUT2D eigenvalue weighted by molar-refractivity contribution is 0.245. The van der Waals surface area contributed by atoms with Crippen molar-refractivity contribution in [1.82, 2.24) is 10.5 Å². The molecule has 1 N–H and O–H groups in total. The van der Waals surface area contributed by atoms with Gasteiger partial charge in [0.25, 0.3) is 0 Å². The summed E-state index contributed by atoms with van der Waals surface area (Å²) in [5.74, 6) is 0.971. The Morgan fingerprint density at radius 1 is 1.35 bits per heavy atom. The molecule has 0 atom stereocenters. The van der Waals surface area contributed by atoms with E-state index >= 15 is 0 Å². The van der Waals surface area contributed by atoms with Gasteiger partial charge in [-0.3, -0.25) is 4.90 Å². The standard InChI is InChI=1S/C15H19N3O2/c1-11(2)14-9-13(20-17-14)10-16-15(19)18(3)12-7-5-4-6-8-12/h4-9,11H,10H2,1-3H3,(H,16,19). The molecule has 20 heavy (non-hydrogen) atoms. The Labute approximate surface area is 118 Å². The van der Waals surface area contributed by atoms with Crippen LogP contribution in [0.1, 0.15) is 31.2 Å². The summed E-state index contributed by atoms with van der Waals surface area (Å²) in [5, 5.41) is 6.76. The van der Waals surface area contributed by atoms with E-state index in [2.05, 4.69) is 10.5 Å². The van der Waals surface area contributed by atoms with Crippen LogP contribution in [0.2, 0.25) is 0 Å². The van der Waals surface area contributed by atoms with Gasteiger partial charge in [-0.2, -0.15) is 0 Å². The van der Waals surface area contributed by atoms with E-state index < -0.39 is 0 Å². The van der Waals surface area contributed by atoms with Crippen molar-refractivity contribution >= 4 is 11.7 Å². The van der Waals surface area contributed by atoms with Crippen molar-refractivity contribution in [2.75, 3.05) is 11.9 Å².